The Labute approximate surface area is 130 Å². The molecule has 2 N–H and O–H groups in total. The van der Waals surface area contributed by atoms with E-state index < -0.39 is 5.97 Å². The van der Waals surface area contributed by atoms with Crippen LogP contribution in [0.2, 0.25) is 0 Å². The lowest BCUT2D eigenvalue weighted by Gasteiger charge is -2.15. The lowest BCUT2D eigenvalue weighted by Crippen LogP contribution is -2.26. The topological polar surface area (TPSA) is 66.4 Å². The van der Waals surface area contributed by atoms with Crippen molar-refractivity contribution in [1.29, 1.82) is 0 Å². The van der Waals surface area contributed by atoms with Gasteiger partial charge < -0.3 is 10.4 Å². The van der Waals surface area contributed by atoms with E-state index >= 15 is 0 Å². The van der Waals surface area contributed by atoms with Crippen LogP contribution in [0.5, 0.6) is 0 Å². The molecular formula is C16H25NO3S. The molecule has 0 saturated carbocycles. The Morgan fingerprint density at radius 3 is 2.52 bits per heavy atom. The Bertz CT molecular complexity index is 482. The van der Waals surface area contributed by atoms with Crippen LogP contribution in [0.15, 0.2) is 6.07 Å². The molecule has 0 spiro atoms. The zero-order valence-electron chi connectivity index (χ0n) is 13.1. The molecule has 21 heavy (non-hydrogen) atoms. The first-order valence-corrected chi connectivity index (χ1v) is 8.32. The first kappa shape index (κ1) is 17.7. The van der Waals surface area contributed by atoms with Crippen LogP contribution in [0.1, 0.15) is 59.1 Å². The molecular weight excluding hydrogens is 286 g/mol. The summed E-state index contributed by atoms with van der Waals surface area (Å²) in [5.74, 6) is -0.397. The van der Waals surface area contributed by atoms with Crippen LogP contribution in [0.4, 0.5) is 0 Å². The van der Waals surface area contributed by atoms with Crippen LogP contribution in [-0.2, 0) is 4.79 Å². The molecule has 1 heterocycles. The summed E-state index contributed by atoms with van der Waals surface area (Å²) in [5.41, 5.74) is 0.759. The molecule has 0 bridgehead atoms. The lowest BCUT2D eigenvalue weighted by molar-refractivity contribution is -0.137. The summed E-state index contributed by atoms with van der Waals surface area (Å²) in [6, 6.07) is 1.92. The fraction of sp³-hybridized carbons (Fsp3) is 0.625. The first-order chi connectivity index (χ1) is 9.93. The number of nitrogens with one attached hydrogen (secondary N) is 1. The van der Waals surface area contributed by atoms with Crippen molar-refractivity contribution in [2.45, 2.75) is 52.9 Å². The van der Waals surface area contributed by atoms with Gasteiger partial charge in [-0.25, -0.2) is 0 Å². The van der Waals surface area contributed by atoms with Crippen molar-refractivity contribution in [2.24, 2.45) is 5.92 Å². The summed E-state index contributed by atoms with van der Waals surface area (Å²) in [5, 5.41) is 11.7. The van der Waals surface area contributed by atoms with Gasteiger partial charge in [0.15, 0.2) is 0 Å². The number of thiophene rings is 1. The number of carboxylic acid groups (broad SMARTS) is 1. The zero-order chi connectivity index (χ0) is 15.8. The molecule has 0 aliphatic heterocycles. The number of amides is 1. The molecule has 1 rings (SSSR count). The lowest BCUT2D eigenvalue weighted by atomic mass is 9.94. The molecule has 0 saturated heterocycles. The fourth-order valence-corrected chi connectivity index (χ4v) is 3.43. The molecule has 0 aromatic carbocycles. The maximum absolute atomic E-state index is 12.1. The highest BCUT2D eigenvalue weighted by atomic mass is 32.1. The number of hydrogen-bond acceptors (Lipinski definition) is 3. The number of hydrogen-bond donors (Lipinski definition) is 2. The van der Waals surface area contributed by atoms with E-state index in [-0.39, 0.29) is 12.3 Å². The molecule has 5 heteroatoms. The third-order valence-electron chi connectivity index (χ3n) is 3.59. The highest BCUT2D eigenvalue weighted by Crippen LogP contribution is 2.21. The highest BCUT2D eigenvalue weighted by molar-refractivity contribution is 7.12. The molecule has 0 radical (unpaired) electrons. The maximum atomic E-state index is 12.1. The molecule has 1 unspecified atom stereocenters. The monoisotopic (exact) mass is 311 g/mol. The van der Waals surface area contributed by atoms with Gasteiger partial charge >= 0.3 is 5.97 Å². The van der Waals surface area contributed by atoms with E-state index in [0.29, 0.717) is 18.9 Å². The van der Waals surface area contributed by atoms with Crippen molar-refractivity contribution in [3.63, 3.8) is 0 Å². The Morgan fingerprint density at radius 2 is 2.00 bits per heavy atom. The Morgan fingerprint density at radius 1 is 1.29 bits per heavy atom. The van der Waals surface area contributed by atoms with Crippen LogP contribution in [0, 0.1) is 19.8 Å². The van der Waals surface area contributed by atoms with E-state index in [2.05, 4.69) is 12.2 Å². The number of aliphatic carboxylic acids is 1. The second-order valence-corrected chi connectivity index (χ2v) is 6.92. The largest absolute Gasteiger partial charge is 0.481 e. The van der Waals surface area contributed by atoms with E-state index in [0.717, 1.165) is 34.6 Å². The fourth-order valence-electron chi connectivity index (χ4n) is 2.51. The van der Waals surface area contributed by atoms with Crippen LogP contribution in [0.25, 0.3) is 0 Å². The molecule has 1 atom stereocenters. The number of carbonyl (C=O) groups excluding carboxylic acids is 1. The van der Waals surface area contributed by atoms with E-state index in [1.54, 1.807) is 11.3 Å². The molecule has 118 valence electrons. The molecule has 0 fully saturated rings. The van der Waals surface area contributed by atoms with Gasteiger partial charge in [0.05, 0.1) is 5.56 Å². The summed E-state index contributed by atoms with van der Waals surface area (Å²) in [6.07, 6.45) is 3.80. The van der Waals surface area contributed by atoms with Crippen molar-refractivity contribution in [3.05, 3.63) is 21.4 Å². The first-order valence-electron chi connectivity index (χ1n) is 7.51. The standard InChI is InChI=1S/C16H25NO3S/c1-4-5-13(6-7-15(18)19)8-9-17-16(20)14-10-11(2)21-12(14)3/h10,13H,4-9H2,1-3H3,(H,17,20)(H,18,19). The van der Waals surface area contributed by atoms with Crippen molar-refractivity contribution >= 4 is 23.2 Å². The van der Waals surface area contributed by atoms with Crippen molar-refractivity contribution in [3.8, 4) is 0 Å². The van der Waals surface area contributed by atoms with Crippen LogP contribution < -0.4 is 5.32 Å². The Hall–Kier alpha value is -1.36. The molecule has 1 aromatic heterocycles. The molecule has 0 aliphatic carbocycles. The Balaban J connectivity index is 2.40. The van der Waals surface area contributed by atoms with Gasteiger partial charge in [-0.15, -0.1) is 11.3 Å². The van der Waals surface area contributed by atoms with Crippen LogP contribution in [-0.4, -0.2) is 23.5 Å². The average Bonchev–Trinajstić information content (AvgIpc) is 2.74. The third-order valence-corrected chi connectivity index (χ3v) is 4.55. The van der Waals surface area contributed by atoms with Gasteiger partial charge in [-0.3, -0.25) is 9.59 Å². The zero-order valence-corrected chi connectivity index (χ0v) is 13.9. The minimum absolute atomic E-state index is 0.0228. The van der Waals surface area contributed by atoms with Gasteiger partial charge in [0, 0.05) is 22.7 Å². The van der Waals surface area contributed by atoms with Gasteiger partial charge in [-0.1, -0.05) is 19.8 Å². The summed E-state index contributed by atoms with van der Waals surface area (Å²) >= 11 is 1.63. The molecule has 1 aromatic rings. The number of carboxylic acids is 1. The van der Waals surface area contributed by atoms with Crippen LogP contribution in [0.3, 0.4) is 0 Å². The van der Waals surface area contributed by atoms with Gasteiger partial charge in [-0.2, -0.15) is 0 Å². The average molecular weight is 311 g/mol. The molecule has 4 nitrogen and oxygen atoms in total. The Kier molecular flexibility index (Phi) is 7.43. The van der Waals surface area contributed by atoms with Crippen molar-refractivity contribution in [1.82, 2.24) is 5.32 Å². The SMILES string of the molecule is CCCC(CCNC(=O)c1cc(C)sc1C)CCC(=O)O. The van der Waals surface area contributed by atoms with Gasteiger partial charge in [0.2, 0.25) is 0 Å². The number of carbonyl (C=O) groups is 2. The van der Waals surface area contributed by atoms with E-state index in [1.807, 2.05) is 19.9 Å². The summed E-state index contributed by atoms with van der Waals surface area (Å²) in [7, 11) is 0. The second-order valence-electron chi connectivity index (χ2n) is 5.46. The van der Waals surface area contributed by atoms with Crippen molar-refractivity contribution in [2.75, 3.05) is 6.54 Å². The quantitative estimate of drug-likeness (QED) is 0.729. The third kappa shape index (κ3) is 6.29. The molecule has 1 amide bonds. The minimum Gasteiger partial charge on any atom is -0.481 e. The maximum Gasteiger partial charge on any atom is 0.303 e. The van der Waals surface area contributed by atoms with E-state index in [4.69, 9.17) is 5.11 Å². The molecule has 0 aliphatic rings. The summed E-state index contributed by atoms with van der Waals surface area (Å²) < 4.78 is 0. The predicted octanol–water partition coefficient (Wildman–Crippen LogP) is 3.77. The van der Waals surface area contributed by atoms with Crippen LogP contribution >= 0.6 is 11.3 Å². The smallest absolute Gasteiger partial charge is 0.303 e. The number of aryl methyl sites for hydroxylation is 2. The van der Waals surface area contributed by atoms with E-state index in [9.17, 15) is 9.59 Å². The van der Waals surface area contributed by atoms with E-state index in [1.165, 1.54) is 0 Å². The normalized spacial score (nSPS) is 12.1. The predicted molar refractivity (Wildman–Crippen MR) is 86.0 cm³/mol. The van der Waals surface area contributed by atoms with Gasteiger partial charge in [0.25, 0.3) is 5.91 Å². The highest BCUT2D eigenvalue weighted by Gasteiger charge is 2.13. The number of rotatable bonds is 9. The summed E-state index contributed by atoms with van der Waals surface area (Å²) in [6.45, 7) is 6.66. The van der Waals surface area contributed by atoms with Crippen molar-refractivity contribution < 1.29 is 14.7 Å². The summed E-state index contributed by atoms with van der Waals surface area (Å²) in [4.78, 5) is 24.9. The van der Waals surface area contributed by atoms with Gasteiger partial charge in [0.1, 0.15) is 0 Å². The van der Waals surface area contributed by atoms with Gasteiger partial charge in [-0.05, 0) is 38.7 Å². The minimum atomic E-state index is -0.746. The second kappa shape index (κ2) is 8.82.